The van der Waals surface area contributed by atoms with Gasteiger partial charge in [-0.25, -0.2) is 14.7 Å². The topological polar surface area (TPSA) is 67.1 Å². The van der Waals surface area contributed by atoms with E-state index in [0.717, 1.165) is 28.0 Å². The number of guanidine groups is 1. The van der Waals surface area contributed by atoms with Crippen LogP contribution in [0.5, 0.6) is 0 Å². The molecule has 156 valence electrons. The molecule has 0 fully saturated rings. The number of benzene rings is 1. The molecule has 0 radical (unpaired) electrons. The maximum Gasteiger partial charge on any atom is 0.434 e. The summed E-state index contributed by atoms with van der Waals surface area (Å²) in [6, 6.07) is 9.66. The smallest absolute Gasteiger partial charge is 0.357 e. The summed E-state index contributed by atoms with van der Waals surface area (Å²) in [7, 11) is 0. The van der Waals surface area contributed by atoms with E-state index >= 15 is 0 Å². The molecular formula is C18H20F3IN6S. The first-order valence-corrected chi connectivity index (χ1v) is 9.46. The Morgan fingerprint density at radius 1 is 1.24 bits per heavy atom. The molecule has 6 nitrogen and oxygen atoms in total. The van der Waals surface area contributed by atoms with Crippen molar-refractivity contribution in [3.05, 3.63) is 64.4 Å². The molecule has 0 amide bonds. The normalized spacial score (nSPS) is 11.8. The standard InChI is InChI=1S/C18H19F3N6S.HI/c1-2-22-17(24-11-16-26-15(12-28-16)18(19,20)21)23-10-13-5-3-6-14(9-13)27-8-4-7-25-27;/h3-9,12H,2,10-11H2,1H3,(H2,22,23,24);1H. The first-order valence-electron chi connectivity index (χ1n) is 8.58. The molecule has 0 spiro atoms. The van der Waals surface area contributed by atoms with Crippen LogP contribution in [-0.2, 0) is 19.3 Å². The molecule has 2 aromatic heterocycles. The van der Waals surface area contributed by atoms with Gasteiger partial charge in [0.2, 0.25) is 0 Å². The van der Waals surface area contributed by atoms with Crippen molar-refractivity contribution in [1.82, 2.24) is 25.4 Å². The SMILES string of the molecule is CCNC(=NCc1cccc(-n2cccn2)c1)NCc1nc(C(F)(F)F)cs1.I. The van der Waals surface area contributed by atoms with Crippen molar-refractivity contribution in [2.45, 2.75) is 26.2 Å². The maximum absolute atomic E-state index is 12.6. The number of hydrogen-bond donors (Lipinski definition) is 2. The molecule has 0 saturated carbocycles. The summed E-state index contributed by atoms with van der Waals surface area (Å²) in [6.07, 6.45) is -0.856. The summed E-state index contributed by atoms with van der Waals surface area (Å²) in [6.45, 7) is 3.13. The lowest BCUT2D eigenvalue weighted by Crippen LogP contribution is -2.36. The molecule has 0 aliphatic carbocycles. The van der Waals surface area contributed by atoms with Gasteiger partial charge >= 0.3 is 6.18 Å². The Hall–Kier alpha value is -2.15. The van der Waals surface area contributed by atoms with E-state index in [1.54, 1.807) is 10.9 Å². The number of aliphatic imine (C=N–C) groups is 1. The van der Waals surface area contributed by atoms with Crippen molar-refractivity contribution in [1.29, 1.82) is 0 Å². The van der Waals surface area contributed by atoms with Gasteiger partial charge < -0.3 is 10.6 Å². The minimum atomic E-state index is -4.42. The highest BCUT2D eigenvalue weighted by Gasteiger charge is 2.33. The number of rotatable bonds is 6. The van der Waals surface area contributed by atoms with Gasteiger partial charge in [0.05, 0.1) is 18.8 Å². The number of alkyl halides is 3. The van der Waals surface area contributed by atoms with Gasteiger partial charge in [-0.05, 0) is 30.7 Å². The Balaban J connectivity index is 0.00000300. The van der Waals surface area contributed by atoms with E-state index < -0.39 is 11.9 Å². The van der Waals surface area contributed by atoms with Crippen molar-refractivity contribution in [3.8, 4) is 5.69 Å². The van der Waals surface area contributed by atoms with Gasteiger partial charge in [0, 0.05) is 24.3 Å². The largest absolute Gasteiger partial charge is 0.434 e. The fraction of sp³-hybridized carbons (Fsp3) is 0.278. The summed E-state index contributed by atoms with van der Waals surface area (Å²) in [5.74, 6) is 0.510. The number of nitrogens with zero attached hydrogens (tertiary/aromatic N) is 4. The molecular weight excluding hydrogens is 516 g/mol. The van der Waals surface area contributed by atoms with Crippen LogP contribution in [-0.4, -0.2) is 27.3 Å². The van der Waals surface area contributed by atoms with E-state index in [4.69, 9.17) is 0 Å². The summed E-state index contributed by atoms with van der Waals surface area (Å²) in [5.41, 5.74) is 1.05. The number of thiazole rings is 1. The lowest BCUT2D eigenvalue weighted by molar-refractivity contribution is -0.140. The van der Waals surface area contributed by atoms with Crippen LogP contribution in [0.25, 0.3) is 5.69 Å². The van der Waals surface area contributed by atoms with E-state index in [0.29, 0.717) is 24.1 Å². The average molecular weight is 536 g/mol. The van der Waals surface area contributed by atoms with Crippen molar-refractivity contribution in [2.75, 3.05) is 6.54 Å². The van der Waals surface area contributed by atoms with Crippen molar-refractivity contribution >= 4 is 41.3 Å². The zero-order valence-corrected chi connectivity index (χ0v) is 18.6. The minimum Gasteiger partial charge on any atom is -0.357 e. The highest BCUT2D eigenvalue weighted by atomic mass is 127. The molecule has 0 atom stereocenters. The average Bonchev–Trinajstić information content (AvgIpc) is 3.36. The number of nitrogens with one attached hydrogen (secondary N) is 2. The van der Waals surface area contributed by atoms with Gasteiger partial charge in [0.1, 0.15) is 5.01 Å². The Labute approximate surface area is 187 Å². The van der Waals surface area contributed by atoms with E-state index in [9.17, 15) is 13.2 Å². The highest BCUT2D eigenvalue weighted by Crippen LogP contribution is 2.29. The Kier molecular flexibility index (Phi) is 8.44. The first kappa shape index (κ1) is 23.1. The molecule has 0 bridgehead atoms. The van der Waals surface area contributed by atoms with Gasteiger partial charge in [-0.2, -0.15) is 18.3 Å². The lowest BCUT2D eigenvalue weighted by atomic mass is 10.2. The van der Waals surface area contributed by atoms with Crippen LogP contribution >= 0.6 is 35.3 Å². The van der Waals surface area contributed by atoms with Gasteiger partial charge in [-0.3, -0.25) is 0 Å². The van der Waals surface area contributed by atoms with E-state index in [1.807, 2.05) is 43.5 Å². The van der Waals surface area contributed by atoms with Crippen molar-refractivity contribution < 1.29 is 13.2 Å². The predicted molar refractivity (Wildman–Crippen MR) is 118 cm³/mol. The molecule has 3 aromatic rings. The third-order valence-corrected chi connectivity index (χ3v) is 4.54. The molecule has 3 rings (SSSR count). The second-order valence-corrected chi connectivity index (χ2v) is 6.74. The number of hydrogen-bond acceptors (Lipinski definition) is 4. The monoisotopic (exact) mass is 536 g/mol. The minimum absolute atomic E-state index is 0. The molecule has 29 heavy (non-hydrogen) atoms. The molecule has 11 heteroatoms. The zero-order chi connectivity index (χ0) is 20.0. The van der Waals surface area contributed by atoms with Gasteiger partial charge in [-0.1, -0.05) is 12.1 Å². The summed E-state index contributed by atoms with van der Waals surface area (Å²) in [4.78, 5) is 8.11. The third kappa shape index (κ3) is 6.70. The molecule has 1 aromatic carbocycles. The fourth-order valence-electron chi connectivity index (χ4n) is 2.41. The van der Waals surface area contributed by atoms with E-state index in [-0.39, 0.29) is 30.5 Å². The van der Waals surface area contributed by atoms with Crippen LogP contribution in [0.3, 0.4) is 0 Å². The summed E-state index contributed by atoms with van der Waals surface area (Å²) < 4.78 is 39.7. The van der Waals surface area contributed by atoms with Crippen LogP contribution in [0.4, 0.5) is 13.2 Å². The van der Waals surface area contributed by atoms with E-state index in [1.165, 1.54) is 0 Å². The fourth-order valence-corrected chi connectivity index (χ4v) is 3.15. The third-order valence-electron chi connectivity index (χ3n) is 3.69. The Bertz CT molecular complexity index is 924. The number of aromatic nitrogens is 3. The molecule has 0 aliphatic rings. The Morgan fingerprint density at radius 3 is 2.72 bits per heavy atom. The van der Waals surface area contributed by atoms with Crippen LogP contribution in [0, 0.1) is 0 Å². The highest BCUT2D eigenvalue weighted by molar-refractivity contribution is 14.0. The summed E-state index contributed by atoms with van der Waals surface area (Å²) in [5, 5.41) is 11.7. The molecule has 0 unspecified atom stereocenters. The van der Waals surface area contributed by atoms with E-state index in [2.05, 4.69) is 25.7 Å². The Morgan fingerprint density at radius 2 is 2.07 bits per heavy atom. The molecule has 2 N–H and O–H groups in total. The second kappa shape index (κ2) is 10.6. The molecule has 2 heterocycles. The van der Waals surface area contributed by atoms with Crippen LogP contribution < -0.4 is 10.6 Å². The van der Waals surface area contributed by atoms with Crippen LogP contribution in [0.2, 0.25) is 0 Å². The first-order chi connectivity index (χ1) is 13.5. The number of halogens is 4. The maximum atomic E-state index is 12.6. The zero-order valence-electron chi connectivity index (χ0n) is 15.5. The van der Waals surface area contributed by atoms with Crippen molar-refractivity contribution in [2.24, 2.45) is 4.99 Å². The quantitative estimate of drug-likeness (QED) is 0.282. The molecule has 0 saturated heterocycles. The van der Waals surface area contributed by atoms with Gasteiger partial charge in [0.15, 0.2) is 11.7 Å². The van der Waals surface area contributed by atoms with Gasteiger partial charge in [-0.15, -0.1) is 35.3 Å². The van der Waals surface area contributed by atoms with Gasteiger partial charge in [0.25, 0.3) is 0 Å². The summed E-state index contributed by atoms with van der Waals surface area (Å²) >= 11 is 0.965. The van der Waals surface area contributed by atoms with Crippen molar-refractivity contribution in [3.63, 3.8) is 0 Å². The second-order valence-electron chi connectivity index (χ2n) is 5.79. The van der Waals surface area contributed by atoms with Crippen LogP contribution in [0.15, 0.2) is 53.1 Å². The lowest BCUT2D eigenvalue weighted by Gasteiger charge is -2.10. The molecule has 0 aliphatic heterocycles. The predicted octanol–water partition coefficient (Wildman–Crippen LogP) is 4.22. The van der Waals surface area contributed by atoms with Crippen LogP contribution in [0.1, 0.15) is 23.2 Å².